The highest BCUT2D eigenvalue weighted by Gasteiger charge is 2.19. The summed E-state index contributed by atoms with van der Waals surface area (Å²) in [6, 6.07) is 7.04. The van der Waals surface area contributed by atoms with Gasteiger partial charge in [0.15, 0.2) is 5.78 Å². The molecule has 0 radical (unpaired) electrons. The van der Waals surface area contributed by atoms with Crippen molar-refractivity contribution in [3.63, 3.8) is 0 Å². The second-order valence-electron chi connectivity index (χ2n) is 5.24. The van der Waals surface area contributed by atoms with Gasteiger partial charge in [-0.1, -0.05) is 12.1 Å². The monoisotopic (exact) mass is 268 g/mol. The van der Waals surface area contributed by atoms with Crippen LogP contribution in [0.15, 0.2) is 24.3 Å². The Hall–Kier alpha value is -2.29. The summed E-state index contributed by atoms with van der Waals surface area (Å²) in [7, 11) is 0. The van der Waals surface area contributed by atoms with Crippen LogP contribution < -0.4 is 11.5 Å². The Labute approximate surface area is 119 Å². The molecule has 0 aromatic heterocycles. The number of ketones is 1. The molecule has 3 nitrogen and oxygen atoms in total. The first-order chi connectivity index (χ1) is 9.34. The third-order valence-electron chi connectivity index (χ3n) is 4.06. The van der Waals surface area contributed by atoms with E-state index in [2.05, 4.69) is 0 Å². The highest BCUT2D eigenvalue weighted by molar-refractivity contribution is 6.12. The van der Waals surface area contributed by atoms with Gasteiger partial charge in [0.2, 0.25) is 0 Å². The average Bonchev–Trinajstić information content (AvgIpc) is 2.43. The first-order valence-corrected chi connectivity index (χ1v) is 6.60. The zero-order chi connectivity index (χ0) is 15.0. The van der Waals surface area contributed by atoms with Gasteiger partial charge in [0.05, 0.1) is 0 Å². The molecule has 0 fully saturated rings. The van der Waals surface area contributed by atoms with Crippen molar-refractivity contribution in [3.05, 3.63) is 57.6 Å². The van der Waals surface area contributed by atoms with E-state index in [9.17, 15) is 4.79 Å². The molecule has 104 valence electrons. The van der Waals surface area contributed by atoms with Crippen molar-refractivity contribution >= 4 is 17.2 Å². The molecular formula is C17H20N2O. The lowest BCUT2D eigenvalue weighted by Crippen LogP contribution is -2.11. The van der Waals surface area contributed by atoms with E-state index in [0.717, 1.165) is 22.3 Å². The summed E-state index contributed by atoms with van der Waals surface area (Å²) in [5, 5.41) is 0. The Balaban J connectivity index is 2.67. The van der Waals surface area contributed by atoms with Crippen LogP contribution in [0.5, 0.6) is 0 Å². The maximum Gasteiger partial charge on any atom is 0.193 e. The van der Waals surface area contributed by atoms with E-state index in [1.54, 1.807) is 24.3 Å². The van der Waals surface area contributed by atoms with Gasteiger partial charge in [0.25, 0.3) is 0 Å². The molecule has 20 heavy (non-hydrogen) atoms. The van der Waals surface area contributed by atoms with Crippen molar-refractivity contribution in [2.24, 2.45) is 0 Å². The maximum absolute atomic E-state index is 12.7. The van der Waals surface area contributed by atoms with Gasteiger partial charge in [-0.05, 0) is 62.1 Å². The van der Waals surface area contributed by atoms with Gasteiger partial charge in [0.1, 0.15) is 0 Å². The van der Waals surface area contributed by atoms with Crippen molar-refractivity contribution in [2.45, 2.75) is 27.7 Å². The minimum Gasteiger partial charge on any atom is -0.399 e. The Bertz CT molecular complexity index is 673. The van der Waals surface area contributed by atoms with Crippen LogP contribution in [0.1, 0.15) is 38.2 Å². The van der Waals surface area contributed by atoms with Crippen LogP contribution in [-0.2, 0) is 0 Å². The number of carbonyl (C=O) groups excluding carboxylic acids is 1. The second kappa shape index (κ2) is 5.00. The number of nitrogen functional groups attached to an aromatic ring is 2. The molecule has 0 saturated heterocycles. The summed E-state index contributed by atoms with van der Waals surface area (Å²) in [4.78, 5) is 12.7. The van der Waals surface area contributed by atoms with E-state index >= 15 is 0 Å². The molecule has 2 aromatic carbocycles. The van der Waals surface area contributed by atoms with Crippen LogP contribution in [0.25, 0.3) is 0 Å². The van der Waals surface area contributed by atoms with Crippen LogP contribution >= 0.6 is 0 Å². The van der Waals surface area contributed by atoms with E-state index < -0.39 is 0 Å². The normalized spacial score (nSPS) is 10.6. The molecule has 0 bridgehead atoms. The minimum absolute atomic E-state index is 0.0258. The number of rotatable bonds is 2. The number of nitrogens with two attached hydrogens (primary N) is 2. The van der Waals surface area contributed by atoms with Gasteiger partial charge in [-0.25, -0.2) is 0 Å². The van der Waals surface area contributed by atoms with Gasteiger partial charge < -0.3 is 11.5 Å². The van der Waals surface area contributed by atoms with Gasteiger partial charge in [-0.3, -0.25) is 4.79 Å². The van der Waals surface area contributed by atoms with E-state index in [1.165, 1.54) is 0 Å². The number of hydrogen-bond acceptors (Lipinski definition) is 3. The molecule has 0 atom stereocenters. The lowest BCUT2D eigenvalue weighted by Gasteiger charge is -2.17. The topological polar surface area (TPSA) is 69.1 Å². The summed E-state index contributed by atoms with van der Waals surface area (Å²) in [5.74, 6) is -0.0258. The van der Waals surface area contributed by atoms with Crippen molar-refractivity contribution in [1.29, 1.82) is 0 Å². The van der Waals surface area contributed by atoms with Crippen molar-refractivity contribution in [3.8, 4) is 0 Å². The quantitative estimate of drug-likeness (QED) is 0.648. The fourth-order valence-electron chi connectivity index (χ4n) is 2.53. The van der Waals surface area contributed by atoms with Gasteiger partial charge in [0, 0.05) is 22.5 Å². The third-order valence-corrected chi connectivity index (χ3v) is 4.06. The van der Waals surface area contributed by atoms with Crippen LogP contribution in [0, 0.1) is 27.7 Å². The molecule has 0 amide bonds. The van der Waals surface area contributed by atoms with Crippen molar-refractivity contribution in [1.82, 2.24) is 0 Å². The number of benzene rings is 2. The fourth-order valence-corrected chi connectivity index (χ4v) is 2.53. The maximum atomic E-state index is 12.7. The molecular weight excluding hydrogens is 248 g/mol. The Morgan fingerprint density at radius 1 is 0.900 bits per heavy atom. The van der Waals surface area contributed by atoms with Crippen LogP contribution in [0.3, 0.4) is 0 Å². The highest BCUT2D eigenvalue weighted by Crippen LogP contribution is 2.30. The number of anilines is 2. The zero-order valence-corrected chi connectivity index (χ0v) is 12.4. The fraction of sp³-hybridized carbons (Fsp3) is 0.235. The van der Waals surface area contributed by atoms with Crippen LogP contribution in [0.2, 0.25) is 0 Å². The van der Waals surface area contributed by atoms with Gasteiger partial charge in [-0.15, -0.1) is 0 Å². The Morgan fingerprint density at radius 2 is 1.55 bits per heavy atom. The van der Waals surface area contributed by atoms with Gasteiger partial charge in [-0.2, -0.15) is 0 Å². The number of carbonyl (C=O) groups is 1. The first-order valence-electron chi connectivity index (χ1n) is 6.60. The van der Waals surface area contributed by atoms with Crippen molar-refractivity contribution in [2.75, 3.05) is 11.5 Å². The molecule has 0 aliphatic rings. The van der Waals surface area contributed by atoms with Crippen molar-refractivity contribution < 1.29 is 4.79 Å². The summed E-state index contributed by atoms with van der Waals surface area (Å²) < 4.78 is 0. The molecule has 0 aliphatic carbocycles. The molecule has 2 aromatic rings. The Morgan fingerprint density at radius 3 is 2.15 bits per heavy atom. The molecule has 0 unspecified atom stereocenters. The number of hydrogen-bond donors (Lipinski definition) is 2. The largest absolute Gasteiger partial charge is 0.399 e. The van der Waals surface area contributed by atoms with E-state index in [4.69, 9.17) is 11.5 Å². The first kappa shape index (κ1) is 14.1. The second-order valence-corrected chi connectivity index (χ2v) is 5.24. The molecule has 0 saturated carbocycles. The SMILES string of the molecule is Cc1c(C)c(N)c(C)c(C(=O)c2cccc(N)c2)c1C. The average molecular weight is 268 g/mol. The van der Waals surface area contributed by atoms with E-state index in [-0.39, 0.29) is 5.78 Å². The summed E-state index contributed by atoms with van der Waals surface area (Å²) in [6.45, 7) is 7.85. The van der Waals surface area contributed by atoms with Crippen LogP contribution in [-0.4, -0.2) is 5.78 Å². The molecule has 2 rings (SSSR count). The Kier molecular flexibility index (Phi) is 3.53. The summed E-state index contributed by atoms with van der Waals surface area (Å²) >= 11 is 0. The standard InChI is InChI=1S/C17H20N2O/c1-9-10(2)15(12(4)16(19)11(9)3)17(20)13-6-5-7-14(18)8-13/h5-8H,18-19H2,1-4H3. The smallest absolute Gasteiger partial charge is 0.193 e. The lowest BCUT2D eigenvalue weighted by molar-refractivity contribution is 0.103. The third kappa shape index (κ3) is 2.16. The predicted octanol–water partition coefficient (Wildman–Crippen LogP) is 3.32. The predicted molar refractivity (Wildman–Crippen MR) is 84.1 cm³/mol. The van der Waals surface area contributed by atoms with Crippen LogP contribution in [0.4, 0.5) is 11.4 Å². The summed E-state index contributed by atoms with van der Waals surface area (Å²) in [6.07, 6.45) is 0. The molecule has 0 heterocycles. The molecule has 0 spiro atoms. The summed E-state index contributed by atoms with van der Waals surface area (Å²) in [5.41, 5.74) is 18.4. The zero-order valence-electron chi connectivity index (χ0n) is 12.4. The lowest BCUT2D eigenvalue weighted by atomic mass is 9.88. The highest BCUT2D eigenvalue weighted by atomic mass is 16.1. The molecule has 0 aliphatic heterocycles. The molecule has 3 heteroatoms. The van der Waals surface area contributed by atoms with Gasteiger partial charge >= 0.3 is 0 Å². The van der Waals surface area contributed by atoms with E-state index in [0.29, 0.717) is 22.5 Å². The van der Waals surface area contributed by atoms with E-state index in [1.807, 2.05) is 27.7 Å². The minimum atomic E-state index is -0.0258. The molecule has 4 N–H and O–H groups in total.